The summed E-state index contributed by atoms with van der Waals surface area (Å²) in [6.45, 7) is 7.28. The van der Waals surface area contributed by atoms with E-state index in [1.165, 1.54) is 6.07 Å². The van der Waals surface area contributed by atoms with E-state index < -0.39 is 15.4 Å². The van der Waals surface area contributed by atoms with Gasteiger partial charge in [0.2, 0.25) is 0 Å². The Morgan fingerprint density at radius 2 is 2.00 bits per heavy atom. The van der Waals surface area contributed by atoms with Crippen molar-refractivity contribution in [3.8, 4) is 5.75 Å². The zero-order valence-corrected chi connectivity index (χ0v) is 16.0. The predicted molar refractivity (Wildman–Crippen MR) is 97.4 cm³/mol. The van der Waals surface area contributed by atoms with Crippen LogP contribution in [0.4, 0.5) is 10.1 Å². The summed E-state index contributed by atoms with van der Waals surface area (Å²) in [7, 11) is -3.14. The molecule has 25 heavy (non-hydrogen) atoms. The van der Waals surface area contributed by atoms with Crippen molar-refractivity contribution in [3.05, 3.63) is 23.5 Å². The third kappa shape index (κ3) is 4.08. The Balaban J connectivity index is 1.92. The van der Waals surface area contributed by atoms with Crippen molar-refractivity contribution < 1.29 is 17.5 Å². The predicted octanol–water partition coefficient (Wildman–Crippen LogP) is 3.01. The van der Waals surface area contributed by atoms with Gasteiger partial charge in [0.1, 0.15) is 17.2 Å². The Hall–Kier alpha value is -1.34. The lowest BCUT2D eigenvalue weighted by molar-refractivity contribution is 0.0669. The Kier molecular flexibility index (Phi) is 4.99. The van der Waals surface area contributed by atoms with Gasteiger partial charge in [0.15, 0.2) is 9.84 Å². The highest BCUT2D eigenvalue weighted by molar-refractivity contribution is 7.91. The van der Waals surface area contributed by atoms with E-state index in [1.807, 2.05) is 18.7 Å². The SMILES string of the molecule is CCS(=O)(=O)CNC1CC(C)(C)Oc2cc(N3CCCC3)c(F)cc21. The van der Waals surface area contributed by atoms with E-state index in [4.69, 9.17) is 4.74 Å². The molecule has 0 saturated carbocycles. The normalized spacial score (nSPS) is 22.6. The van der Waals surface area contributed by atoms with Gasteiger partial charge in [-0.15, -0.1) is 0 Å². The second-order valence-corrected chi connectivity index (χ2v) is 9.89. The molecule has 2 aliphatic heterocycles. The van der Waals surface area contributed by atoms with Crippen LogP contribution in [0.5, 0.6) is 5.75 Å². The Morgan fingerprint density at radius 1 is 1.32 bits per heavy atom. The maximum Gasteiger partial charge on any atom is 0.162 e. The summed E-state index contributed by atoms with van der Waals surface area (Å²) in [5.41, 5.74) is 0.834. The Morgan fingerprint density at radius 3 is 2.64 bits per heavy atom. The van der Waals surface area contributed by atoms with Gasteiger partial charge in [0.25, 0.3) is 0 Å². The van der Waals surface area contributed by atoms with Crippen LogP contribution in [0.25, 0.3) is 0 Å². The van der Waals surface area contributed by atoms with Crippen LogP contribution in [0.1, 0.15) is 51.6 Å². The van der Waals surface area contributed by atoms with Crippen LogP contribution < -0.4 is 15.0 Å². The highest BCUT2D eigenvalue weighted by Crippen LogP contribution is 2.42. The minimum Gasteiger partial charge on any atom is -0.487 e. The van der Waals surface area contributed by atoms with Gasteiger partial charge in [-0.2, -0.15) is 0 Å². The number of rotatable bonds is 5. The van der Waals surface area contributed by atoms with Gasteiger partial charge in [-0.25, -0.2) is 12.8 Å². The number of nitrogens with zero attached hydrogens (tertiary/aromatic N) is 1. The smallest absolute Gasteiger partial charge is 0.162 e. The molecule has 3 rings (SSSR count). The second kappa shape index (κ2) is 6.76. The van der Waals surface area contributed by atoms with Crippen LogP contribution in [0.15, 0.2) is 12.1 Å². The summed E-state index contributed by atoms with van der Waals surface area (Å²) < 4.78 is 44.4. The van der Waals surface area contributed by atoms with E-state index in [9.17, 15) is 12.8 Å². The highest BCUT2D eigenvalue weighted by atomic mass is 32.2. The summed E-state index contributed by atoms with van der Waals surface area (Å²) in [4.78, 5) is 2.05. The molecule has 1 N–H and O–H groups in total. The van der Waals surface area contributed by atoms with Crippen molar-refractivity contribution in [2.24, 2.45) is 0 Å². The number of benzene rings is 1. The maximum atomic E-state index is 14.7. The number of hydrogen-bond donors (Lipinski definition) is 1. The van der Waals surface area contributed by atoms with Crippen molar-refractivity contribution in [1.82, 2.24) is 5.32 Å². The standard InChI is InChI=1S/C18H27FN2O3S/c1-4-25(22,23)12-20-15-11-18(2,3)24-17-10-16(14(19)9-13(15)17)21-7-5-6-8-21/h9-10,15,20H,4-8,11-12H2,1-3H3. The molecule has 1 fully saturated rings. The molecule has 7 heteroatoms. The molecule has 1 atom stereocenters. The first kappa shape index (κ1) is 18.5. The molecule has 0 radical (unpaired) electrons. The topological polar surface area (TPSA) is 58.6 Å². The van der Waals surface area contributed by atoms with Gasteiger partial charge < -0.3 is 9.64 Å². The Labute approximate surface area is 149 Å². The number of sulfone groups is 1. The van der Waals surface area contributed by atoms with Crippen molar-refractivity contribution in [2.45, 2.75) is 51.7 Å². The molecule has 1 aromatic carbocycles. The number of nitrogens with one attached hydrogen (secondary N) is 1. The molecule has 1 aromatic rings. The zero-order chi connectivity index (χ0) is 18.2. The molecular formula is C18H27FN2O3S. The second-order valence-electron chi connectivity index (χ2n) is 7.53. The molecule has 0 aliphatic carbocycles. The van der Waals surface area contributed by atoms with E-state index >= 15 is 0 Å². The molecule has 1 saturated heterocycles. The monoisotopic (exact) mass is 370 g/mol. The fourth-order valence-corrected chi connectivity index (χ4v) is 4.23. The van der Waals surface area contributed by atoms with Gasteiger partial charge >= 0.3 is 0 Å². The van der Waals surface area contributed by atoms with Gasteiger partial charge in [0.05, 0.1) is 11.6 Å². The summed E-state index contributed by atoms with van der Waals surface area (Å²) in [6.07, 6.45) is 2.73. The maximum absolute atomic E-state index is 14.7. The summed E-state index contributed by atoms with van der Waals surface area (Å²) in [5, 5.41) is 3.09. The van der Waals surface area contributed by atoms with E-state index in [2.05, 4.69) is 5.32 Å². The molecule has 0 bridgehead atoms. The van der Waals surface area contributed by atoms with E-state index in [-0.39, 0.29) is 23.5 Å². The molecule has 5 nitrogen and oxygen atoms in total. The minimum atomic E-state index is -3.14. The van der Waals surface area contributed by atoms with Crippen molar-refractivity contribution in [2.75, 3.05) is 29.6 Å². The third-order valence-corrected chi connectivity index (χ3v) is 6.46. The van der Waals surface area contributed by atoms with Gasteiger partial charge in [-0.05, 0) is 32.8 Å². The third-order valence-electron chi connectivity index (χ3n) is 4.97. The van der Waals surface area contributed by atoms with Crippen LogP contribution >= 0.6 is 0 Å². The first-order valence-corrected chi connectivity index (χ1v) is 10.7. The molecular weight excluding hydrogens is 343 g/mol. The van der Waals surface area contributed by atoms with Crippen LogP contribution in [0.2, 0.25) is 0 Å². The van der Waals surface area contributed by atoms with Crippen molar-refractivity contribution in [3.63, 3.8) is 0 Å². The van der Waals surface area contributed by atoms with Gasteiger partial charge in [-0.1, -0.05) is 6.92 Å². The fourth-order valence-electron chi connectivity index (χ4n) is 3.57. The molecule has 1 unspecified atom stereocenters. The largest absolute Gasteiger partial charge is 0.487 e. The highest BCUT2D eigenvalue weighted by Gasteiger charge is 2.35. The molecule has 0 aromatic heterocycles. The first-order valence-electron chi connectivity index (χ1n) is 8.92. The number of anilines is 1. The Bertz CT molecular complexity index is 743. The summed E-state index contributed by atoms with van der Waals surface area (Å²) >= 11 is 0. The molecule has 2 aliphatic rings. The van der Waals surface area contributed by atoms with E-state index in [0.29, 0.717) is 23.4 Å². The van der Waals surface area contributed by atoms with Crippen LogP contribution in [-0.4, -0.2) is 38.7 Å². The molecule has 140 valence electrons. The zero-order valence-electron chi connectivity index (χ0n) is 15.1. The van der Waals surface area contributed by atoms with Crippen LogP contribution in [-0.2, 0) is 9.84 Å². The van der Waals surface area contributed by atoms with Crippen molar-refractivity contribution >= 4 is 15.5 Å². The first-order chi connectivity index (χ1) is 11.7. The quantitative estimate of drug-likeness (QED) is 0.863. The number of hydrogen-bond acceptors (Lipinski definition) is 5. The van der Waals surface area contributed by atoms with E-state index in [1.54, 1.807) is 13.0 Å². The van der Waals surface area contributed by atoms with Crippen molar-refractivity contribution in [1.29, 1.82) is 0 Å². The average Bonchev–Trinajstić information content (AvgIpc) is 3.06. The molecule has 0 amide bonds. The average molecular weight is 370 g/mol. The molecule has 0 spiro atoms. The minimum absolute atomic E-state index is 0.0850. The fraction of sp³-hybridized carbons (Fsp3) is 0.667. The number of fused-ring (bicyclic) bond motifs is 1. The molecule has 2 heterocycles. The lowest BCUT2D eigenvalue weighted by Crippen LogP contribution is -2.41. The van der Waals surface area contributed by atoms with Gasteiger partial charge in [-0.3, -0.25) is 5.32 Å². The van der Waals surface area contributed by atoms with Crippen LogP contribution in [0.3, 0.4) is 0 Å². The lowest BCUT2D eigenvalue weighted by Gasteiger charge is -2.38. The summed E-state index contributed by atoms with van der Waals surface area (Å²) in [6, 6.07) is 3.04. The number of halogens is 1. The number of ether oxygens (including phenoxy) is 1. The van der Waals surface area contributed by atoms with E-state index in [0.717, 1.165) is 25.9 Å². The van der Waals surface area contributed by atoms with Gasteiger partial charge in [0, 0.05) is 42.9 Å². The summed E-state index contributed by atoms with van der Waals surface area (Å²) in [5.74, 6) is 0.348. The lowest BCUT2D eigenvalue weighted by atomic mass is 9.89. The van der Waals surface area contributed by atoms with Crippen LogP contribution in [0, 0.1) is 5.82 Å².